The molecule has 4 aromatic rings. The number of ether oxygens (including phenoxy) is 1. The van der Waals surface area contributed by atoms with Crippen molar-refractivity contribution in [2.75, 3.05) is 18.2 Å². The van der Waals surface area contributed by atoms with E-state index in [1.807, 2.05) is 30.5 Å². The van der Waals surface area contributed by atoms with Crippen LogP contribution in [0.2, 0.25) is 5.15 Å². The number of nitrogens with zero attached hydrogens (tertiary/aromatic N) is 4. The number of halogens is 1. The second-order valence-electron chi connectivity index (χ2n) is 7.85. The summed E-state index contributed by atoms with van der Waals surface area (Å²) >= 11 is 5.99. The molecule has 1 amide bonds. The van der Waals surface area contributed by atoms with Crippen LogP contribution in [0.25, 0.3) is 10.8 Å². The fourth-order valence-electron chi connectivity index (χ4n) is 3.94. The molecule has 0 saturated heterocycles. The maximum absolute atomic E-state index is 12.8. The number of fused-ring (bicyclic) bond motifs is 1. The number of nitrogens with two attached hydrogens (primary N) is 1. The first-order chi connectivity index (χ1) is 15.5. The SMILES string of the molecule is COc1ccc(Cn2cncc2[C@@H]2C[C@H]2C(=O)Nc2cc3cc(Cl)nc(N)c3cn2)cc1. The van der Waals surface area contributed by atoms with E-state index < -0.39 is 0 Å². The lowest BCUT2D eigenvalue weighted by Gasteiger charge is -2.10. The van der Waals surface area contributed by atoms with Gasteiger partial charge in [0, 0.05) is 41.9 Å². The first-order valence-electron chi connectivity index (χ1n) is 10.2. The molecule has 1 aliphatic carbocycles. The van der Waals surface area contributed by atoms with E-state index in [4.69, 9.17) is 22.1 Å². The molecule has 1 saturated carbocycles. The first-order valence-corrected chi connectivity index (χ1v) is 10.5. The summed E-state index contributed by atoms with van der Waals surface area (Å²) in [4.78, 5) is 25.5. The molecule has 0 aliphatic heterocycles. The number of amides is 1. The third kappa shape index (κ3) is 3.97. The van der Waals surface area contributed by atoms with Crippen LogP contribution < -0.4 is 15.8 Å². The van der Waals surface area contributed by atoms with E-state index in [1.54, 1.807) is 31.8 Å². The van der Waals surface area contributed by atoms with Crippen LogP contribution in [0.3, 0.4) is 0 Å². The fourth-order valence-corrected chi connectivity index (χ4v) is 4.15. The zero-order valence-electron chi connectivity index (χ0n) is 17.3. The number of nitrogen functional groups attached to an aromatic ring is 1. The molecule has 0 bridgehead atoms. The van der Waals surface area contributed by atoms with Gasteiger partial charge in [0.1, 0.15) is 22.5 Å². The molecule has 8 nitrogen and oxygen atoms in total. The molecule has 3 N–H and O–H groups in total. The van der Waals surface area contributed by atoms with Gasteiger partial charge in [0.25, 0.3) is 0 Å². The van der Waals surface area contributed by atoms with Crippen LogP contribution in [0.1, 0.15) is 23.6 Å². The lowest BCUT2D eigenvalue weighted by atomic mass is 10.2. The van der Waals surface area contributed by atoms with E-state index >= 15 is 0 Å². The number of aromatic nitrogens is 4. The number of anilines is 2. The van der Waals surface area contributed by atoms with Crippen molar-refractivity contribution in [3.63, 3.8) is 0 Å². The minimum Gasteiger partial charge on any atom is -0.497 e. The van der Waals surface area contributed by atoms with Gasteiger partial charge in [-0.05, 0) is 41.6 Å². The number of hydrogen-bond acceptors (Lipinski definition) is 6. The number of benzene rings is 1. The van der Waals surface area contributed by atoms with E-state index in [0.29, 0.717) is 28.7 Å². The summed E-state index contributed by atoms with van der Waals surface area (Å²) in [5.41, 5.74) is 8.08. The molecule has 2 atom stereocenters. The molecule has 3 heterocycles. The number of carbonyl (C=O) groups excluding carboxylic acids is 1. The van der Waals surface area contributed by atoms with Crippen LogP contribution >= 0.6 is 11.6 Å². The summed E-state index contributed by atoms with van der Waals surface area (Å²) in [6.45, 7) is 0.687. The van der Waals surface area contributed by atoms with Crippen molar-refractivity contribution in [3.05, 3.63) is 71.5 Å². The lowest BCUT2D eigenvalue weighted by molar-refractivity contribution is -0.117. The van der Waals surface area contributed by atoms with Crippen molar-refractivity contribution in [2.24, 2.45) is 5.92 Å². The molecular weight excluding hydrogens is 428 g/mol. The average molecular weight is 449 g/mol. The maximum Gasteiger partial charge on any atom is 0.229 e. The van der Waals surface area contributed by atoms with E-state index in [0.717, 1.165) is 28.8 Å². The second-order valence-corrected chi connectivity index (χ2v) is 8.24. The number of rotatable bonds is 6. The molecular formula is C23H21ClN6O2. The Morgan fingerprint density at radius 3 is 2.88 bits per heavy atom. The molecule has 0 spiro atoms. The molecule has 162 valence electrons. The summed E-state index contributed by atoms with van der Waals surface area (Å²) in [7, 11) is 1.65. The van der Waals surface area contributed by atoms with Gasteiger partial charge in [-0.25, -0.2) is 15.0 Å². The Balaban J connectivity index is 1.27. The molecule has 1 aliphatic rings. The number of methoxy groups -OCH3 is 1. The summed E-state index contributed by atoms with van der Waals surface area (Å²) in [6, 6.07) is 11.4. The quantitative estimate of drug-likeness (QED) is 0.433. The minimum atomic E-state index is -0.120. The molecule has 3 aromatic heterocycles. The number of nitrogens with one attached hydrogen (secondary N) is 1. The van der Waals surface area contributed by atoms with Gasteiger partial charge in [-0.2, -0.15) is 0 Å². The van der Waals surface area contributed by atoms with Gasteiger partial charge in [-0.1, -0.05) is 23.7 Å². The normalized spacial score (nSPS) is 17.3. The molecule has 0 radical (unpaired) electrons. The van der Waals surface area contributed by atoms with Crippen LogP contribution in [0.5, 0.6) is 5.75 Å². The van der Waals surface area contributed by atoms with E-state index in [9.17, 15) is 4.79 Å². The van der Waals surface area contributed by atoms with Crippen LogP contribution in [0.15, 0.2) is 55.1 Å². The molecule has 9 heteroatoms. The highest BCUT2D eigenvalue weighted by atomic mass is 35.5. The van der Waals surface area contributed by atoms with Crippen LogP contribution in [0.4, 0.5) is 11.6 Å². The molecule has 1 fully saturated rings. The van der Waals surface area contributed by atoms with Gasteiger partial charge >= 0.3 is 0 Å². The third-order valence-electron chi connectivity index (χ3n) is 5.73. The Kier molecular flexibility index (Phi) is 5.14. The number of pyridine rings is 2. The summed E-state index contributed by atoms with van der Waals surface area (Å²) in [5, 5.41) is 4.68. The van der Waals surface area contributed by atoms with Crippen molar-refractivity contribution in [2.45, 2.75) is 18.9 Å². The largest absolute Gasteiger partial charge is 0.497 e. The van der Waals surface area contributed by atoms with Gasteiger partial charge in [-0.3, -0.25) is 4.79 Å². The number of carbonyl (C=O) groups is 1. The van der Waals surface area contributed by atoms with Gasteiger partial charge in [0.15, 0.2) is 0 Å². The molecule has 32 heavy (non-hydrogen) atoms. The van der Waals surface area contributed by atoms with Crippen molar-refractivity contribution in [1.82, 2.24) is 19.5 Å². The van der Waals surface area contributed by atoms with E-state index in [-0.39, 0.29) is 17.7 Å². The Bertz CT molecular complexity index is 1300. The highest BCUT2D eigenvalue weighted by Crippen LogP contribution is 2.48. The van der Waals surface area contributed by atoms with Crippen molar-refractivity contribution < 1.29 is 9.53 Å². The average Bonchev–Trinajstić information content (AvgIpc) is 3.45. The molecule has 1 aromatic carbocycles. The van der Waals surface area contributed by atoms with Crippen LogP contribution in [-0.2, 0) is 11.3 Å². The summed E-state index contributed by atoms with van der Waals surface area (Å²) in [5.74, 6) is 1.54. The Morgan fingerprint density at radius 1 is 1.28 bits per heavy atom. The smallest absolute Gasteiger partial charge is 0.229 e. The van der Waals surface area contributed by atoms with Crippen molar-refractivity contribution in [1.29, 1.82) is 0 Å². The van der Waals surface area contributed by atoms with E-state index in [1.165, 1.54) is 0 Å². The van der Waals surface area contributed by atoms with Gasteiger partial charge in [0.2, 0.25) is 5.91 Å². The first kappa shape index (κ1) is 20.3. The predicted molar refractivity (Wildman–Crippen MR) is 123 cm³/mol. The zero-order chi connectivity index (χ0) is 22.2. The Morgan fingerprint density at radius 2 is 2.09 bits per heavy atom. The minimum absolute atomic E-state index is 0.0628. The molecule has 5 rings (SSSR count). The van der Waals surface area contributed by atoms with Crippen LogP contribution in [0, 0.1) is 5.92 Å². The Hall–Kier alpha value is -3.65. The van der Waals surface area contributed by atoms with Crippen molar-refractivity contribution in [3.8, 4) is 5.75 Å². The van der Waals surface area contributed by atoms with Crippen molar-refractivity contribution >= 4 is 39.9 Å². The Labute approximate surface area is 189 Å². The fraction of sp³-hybridized carbons (Fsp3) is 0.217. The van der Waals surface area contributed by atoms with Gasteiger partial charge in [-0.15, -0.1) is 0 Å². The maximum atomic E-state index is 12.8. The third-order valence-corrected chi connectivity index (χ3v) is 5.92. The lowest BCUT2D eigenvalue weighted by Crippen LogP contribution is -2.16. The van der Waals surface area contributed by atoms with E-state index in [2.05, 4.69) is 24.8 Å². The monoisotopic (exact) mass is 448 g/mol. The standard InChI is InChI=1S/C23H21ClN6O2/c1-32-15-4-2-13(3-5-15)11-30-12-26-10-19(30)16-8-17(16)23(31)29-21-7-14-6-20(24)28-22(25)18(14)9-27-21/h2-7,9-10,12,16-17H,8,11H2,1H3,(H2,25,28)(H,27,29,31)/t16-,17-/m1/s1. The summed E-state index contributed by atoms with van der Waals surface area (Å²) in [6.07, 6.45) is 6.02. The second kappa shape index (κ2) is 8.12. The highest BCUT2D eigenvalue weighted by molar-refractivity contribution is 6.30. The number of imidazole rings is 1. The zero-order valence-corrected chi connectivity index (χ0v) is 18.1. The number of hydrogen-bond donors (Lipinski definition) is 2. The highest BCUT2D eigenvalue weighted by Gasteiger charge is 2.45. The predicted octanol–water partition coefficient (Wildman–Crippen LogP) is 3.86. The summed E-state index contributed by atoms with van der Waals surface area (Å²) < 4.78 is 7.31. The van der Waals surface area contributed by atoms with Gasteiger partial charge < -0.3 is 20.4 Å². The molecule has 0 unspecified atom stereocenters. The van der Waals surface area contributed by atoms with Gasteiger partial charge in [0.05, 0.1) is 13.4 Å². The topological polar surface area (TPSA) is 108 Å². The van der Waals surface area contributed by atoms with Crippen LogP contribution in [-0.4, -0.2) is 32.5 Å².